The highest BCUT2D eigenvalue weighted by atomic mass is 16.5. The summed E-state index contributed by atoms with van der Waals surface area (Å²) in [5.41, 5.74) is 2.22. The van der Waals surface area contributed by atoms with Gasteiger partial charge >= 0.3 is 0 Å². The van der Waals surface area contributed by atoms with Crippen molar-refractivity contribution in [1.29, 1.82) is 0 Å². The van der Waals surface area contributed by atoms with Crippen molar-refractivity contribution in [3.63, 3.8) is 0 Å². The van der Waals surface area contributed by atoms with Gasteiger partial charge in [-0.3, -0.25) is 0 Å². The largest absolute Gasteiger partial charge is 0.496 e. The van der Waals surface area contributed by atoms with E-state index in [1.165, 1.54) is 0 Å². The minimum atomic E-state index is 0.570. The van der Waals surface area contributed by atoms with Crippen LogP contribution in [0.1, 0.15) is 30.9 Å². The minimum Gasteiger partial charge on any atom is -0.496 e. The number of hydrogen-bond acceptors (Lipinski definition) is 3. The SMILES string of the molecule is CCCCc1c(OC)cc(COC)cc1OC. The van der Waals surface area contributed by atoms with Gasteiger partial charge in [-0.2, -0.15) is 0 Å². The molecule has 0 N–H and O–H groups in total. The third-order valence-electron chi connectivity index (χ3n) is 2.76. The van der Waals surface area contributed by atoms with E-state index in [4.69, 9.17) is 14.2 Å². The molecule has 17 heavy (non-hydrogen) atoms. The molecule has 1 aromatic rings. The topological polar surface area (TPSA) is 27.7 Å². The molecule has 0 atom stereocenters. The van der Waals surface area contributed by atoms with Gasteiger partial charge in [0, 0.05) is 12.7 Å². The molecule has 0 radical (unpaired) electrons. The van der Waals surface area contributed by atoms with E-state index in [2.05, 4.69) is 6.92 Å². The lowest BCUT2D eigenvalue weighted by molar-refractivity contribution is 0.184. The molecule has 0 bridgehead atoms. The molecule has 0 unspecified atom stereocenters. The quantitative estimate of drug-likeness (QED) is 0.730. The van der Waals surface area contributed by atoms with Crippen molar-refractivity contribution < 1.29 is 14.2 Å². The van der Waals surface area contributed by atoms with Crippen molar-refractivity contribution in [1.82, 2.24) is 0 Å². The number of ether oxygens (including phenoxy) is 3. The Hall–Kier alpha value is -1.22. The molecule has 3 nitrogen and oxygen atoms in total. The summed E-state index contributed by atoms with van der Waals surface area (Å²) in [6, 6.07) is 4.05. The Balaban J connectivity index is 3.07. The molecule has 0 aliphatic heterocycles. The van der Waals surface area contributed by atoms with Crippen LogP contribution in [-0.4, -0.2) is 21.3 Å². The van der Waals surface area contributed by atoms with Crippen molar-refractivity contribution in [2.75, 3.05) is 21.3 Å². The fraction of sp³-hybridized carbons (Fsp3) is 0.571. The van der Waals surface area contributed by atoms with E-state index >= 15 is 0 Å². The molecular weight excluding hydrogens is 216 g/mol. The fourth-order valence-electron chi connectivity index (χ4n) is 1.89. The summed E-state index contributed by atoms with van der Waals surface area (Å²) >= 11 is 0. The Labute approximate surface area is 104 Å². The van der Waals surface area contributed by atoms with Crippen LogP contribution in [0.2, 0.25) is 0 Å². The lowest BCUT2D eigenvalue weighted by Gasteiger charge is -2.15. The van der Waals surface area contributed by atoms with Gasteiger partial charge in [-0.25, -0.2) is 0 Å². The summed E-state index contributed by atoms with van der Waals surface area (Å²) in [6.07, 6.45) is 3.28. The van der Waals surface area contributed by atoms with Gasteiger partial charge in [-0.15, -0.1) is 0 Å². The summed E-state index contributed by atoms with van der Waals surface area (Å²) < 4.78 is 16.0. The molecule has 0 saturated carbocycles. The smallest absolute Gasteiger partial charge is 0.126 e. The lowest BCUT2D eigenvalue weighted by atomic mass is 10.0. The molecule has 0 heterocycles. The van der Waals surface area contributed by atoms with Crippen LogP contribution >= 0.6 is 0 Å². The van der Waals surface area contributed by atoms with Gasteiger partial charge in [0.1, 0.15) is 11.5 Å². The molecule has 0 saturated heterocycles. The van der Waals surface area contributed by atoms with Crippen LogP contribution in [0.3, 0.4) is 0 Å². The van der Waals surface area contributed by atoms with Crippen molar-refractivity contribution in [2.24, 2.45) is 0 Å². The lowest BCUT2D eigenvalue weighted by Crippen LogP contribution is -2.00. The number of unbranched alkanes of at least 4 members (excludes halogenated alkanes) is 1. The average molecular weight is 238 g/mol. The highest BCUT2D eigenvalue weighted by Crippen LogP contribution is 2.32. The van der Waals surface area contributed by atoms with E-state index in [9.17, 15) is 0 Å². The molecule has 0 amide bonds. The van der Waals surface area contributed by atoms with Crippen LogP contribution in [0.15, 0.2) is 12.1 Å². The van der Waals surface area contributed by atoms with E-state index in [0.717, 1.165) is 41.9 Å². The second kappa shape index (κ2) is 7.17. The van der Waals surface area contributed by atoms with Gasteiger partial charge in [-0.1, -0.05) is 13.3 Å². The predicted octanol–water partition coefficient (Wildman–Crippen LogP) is 3.19. The summed E-state index contributed by atoms with van der Waals surface area (Å²) in [6.45, 7) is 2.75. The van der Waals surface area contributed by atoms with E-state index < -0.39 is 0 Å². The van der Waals surface area contributed by atoms with Crippen LogP contribution in [0.5, 0.6) is 11.5 Å². The molecule has 3 heteroatoms. The van der Waals surface area contributed by atoms with Gasteiger partial charge in [0.2, 0.25) is 0 Å². The van der Waals surface area contributed by atoms with E-state index in [-0.39, 0.29) is 0 Å². The molecule has 1 rings (SSSR count). The second-order valence-corrected chi connectivity index (χ2v) is 4.02. The Kier molecular flexibility index (Phi) is 5.84. The van der Waals surface area contributed by atoms with Crippen LogP contribution in [0.25, 0.3) is 0 Å². The van der Waals surface area contributed by atoms with Crippen LogP contribution in [0, 0.1) is 0 Å². The number of benzene rings is 1. The molecule has 1 aromatic carbocycles. The Morgan fingerprint density at radius 1 is 1.00 bits per heavy atom. The summed E-state index contributed by atoms with van der Waals surface area (Å²) in [7, 11) is 5.07. The standard InChI is InChI=1S/C14H22O3/c1-5-6-7-12-13(16-3)8-11(10-15-2)9-14(12)17-4/h8-9H,5-7,10H2,1-4H3. The molecule has 0 spiro atoms. The minimum absolute atomic E-state index is 0.570. The van der Waals surface area contributed by atoms with E-state index in [0.29, 0.717) is 6.61 Å². The van der Waals surface area contributed by atoms with Gasteiger partial charge in [-0.05, 0) is 30.5 Å². The summed E-state index contributed by atoms with van der Waals surface area (Å²) in [5.74, 6) is 1.79. The Morgan fingerprint density at radius 3 is 2.00 bits per heavy atom. The Morgan fingerprint density at radius 2 is 1.59 bits per heavy atom. The monoisotopic (exact) mass is 238 g/mol. The first-order valence-corrected chi connectivity index (χ1v) is 5.99. The fourth-order valence-corrected chi connectivity index (χ4v) is 1.89. The van der Waals surface area contributed by atoms with Crippen LogP contribution < -0.4 is 9.47 Å². The predicted molar refractivity (Wildman–Crippen MR) is 68.9 cm³/mol. The first-order valence-electron chi connectivity index (χ1n) is 5.99. The number of hydrogen-bond donors (Lipinski definition) is 0. The third-order valence-corrected chi connectivity index (χ3v) is 2.76. The van der Waals surface area contributed by atoms with Crippen LogP contribution in [-0.2, 0) is 17.8 Å². The van der Waals surface area contributed by atoms with Crippen molar-refractivity contribution in [3.05, 3.63) is 23.3 Å². The maximum atomic E-state index is 5.44. The summed E-state index contributed by atoms with van der Waals surface area (Å²) in [5, 5.41) is 0. The third kappa shape index (κ3) is 3.63. The highest BCUT2D eigenvalue weighted by molar-refractivity contribution is 5.48. The first-order chi connectivity index (χ1) is 8.26. The van der Waals surface area contributed by atoms with Gasteiger partial charge in [0.05, 0.1) is 20.8 Å². The van der Waals surface area contributed by atoms with Crippen molar-refractivity contribution >= 4 is 0 Å². The molecule has 96 valence electrons. The van der Waals surface area contributed by atoms with Gasteiger partial charge in [0.25, 0.3) is 0 Å². The molecular formula is C14H22O3. The van der Waals surface area contributed by atoms with Gasteiger partial charge < -0.3 is 14.2 Å². The van der Waals surface area contributed by atoms with Crippen LogP contribution in [0.4, 0.5) is 0 Å². The van der Waals surface area contributed by atoms with Gasteiger partial charge in [0.15, 0.2) is 0 Å². The Bertz CT molecular complexity index is 322. The van der Waals surface area contributed by atoms with E-state index in [1.54, 1.807) is 21.3 Å². The summed E-state index contributed by atoms with van der Waals surface area (Å²) in [4.78, 5) is 0. The first kappa shape index (κ1) is 13.8. The zero-order valence-electron chi connectivity index (χ0n) is 11.2. The normalized spacial score (nSPS) is 10.4. The van der Waals surface area contributed by atoms with Crippen molar-refractivity contribution in [2.45, 2.75) is 32.8 Å². The zero-order valence-corrected chi connectivity index (χ0v) is 11.2. The molecule has 0 aliphatic carbocycles. The number of rotatable bonds is 7. The maximum absolute atomic E-state index is 5.44. The average Bonchev–Trinajstić information content (AvgIpc) is 2.36. The second-order valence-electron chi connectivity index (χ2n) is 4.02. The molecule has 0 aromatic heterocycles. The van der Waals surface area contributed by atoms with Crippen molar-refractivity contribution in [3.8, 4) is 11.5 Å². The highest BCUT2D eigenvalue weighted by Gasteiger charge is 2.11. The van der Waals surface area contributed by atoms with E-state index in [1.807, 2.05) is 12.1 Å². The maximum Gasteiger partial charge on any atom is 0.126 e. The molecule has 0 fully saturated rings. The zero-order chi connectivity index (χ0) is 12.7. The number of methoxy groups -OCH3 is 3. The molecule has 0 aliphatic rings.